The fraction of sp³-hybridized carbons (Fsp3) is 0.200. The van der Waals surface area contributed by atoms with E-state index in [0.29, 0.717) is 22.6 Å². The van der Waals surface area contributed by atoms with Crippen LogP contribution in [-0.4, -0.2) is 16.2 Å². The van der Waals surface area contributed by atoms with Crippen LogP contribution < -0.4 is 10.3 Å². The highest BCUT2D eigenvalue weighted by Crippen LogP contribution is 2.20. The lowest BCUT2D eigenvalue weighted by Crippen LogP contribution is -2.22. The molecule has 0 saturated carbocycles. The van der Waals surface area contributed by atoms with Gasteiger partial charge in [0, 0.05) is 5.56 Å². The molecule has 0 fully saturated rings. The Balaban J connectivity index is 2.10. The van der Waals surface area contributed by atoms with E-state index < -0.39 is 0 Å². The Labute approximate surface area is 130 Å². The number of aromatic amines is 1. The quantitative estimate of drug-likeness (QED) is 0.748. The van der Waals surface area contributed by atoms with Gasteiger partial charge < -0.3 is 9.72 Å². The van der Waals surface area contributed by atoms with Crippen molar-refractivity contribution in [1.82, 2.24) is 9.55 Å². The minimum atomic E-state index is -0.0601. The van der Waals surface area contributed by atoms with Crippen LogP contribution in [-0.2, 0) is 6.54 Å². The molecule has 0 atom stereocenters. The minimum absolute atomic E-state index is 0.0601. The summed E-state index contributed by atoms with van der Waals surface area (Å²) in [6.07, 6.45) is 0. The fourth-order valence-corrected chi connectivity index (χ4v) is 3.27. The Bertz CT molecular complexity index is 892. The van der Waals surface area contributed by atoms with Gasteiger partial charge >= 0.3 is 0 Å². The van der Waals surface area contributed by atoms with Crippen molar-refractivity contribution in [1.29, 1.82) is 0 Å². The van der Waals surface area contributed by atoms with Gasteiger partial charge in [-0.05, 0) is 36.7 Å². The van der Waals surface area contributed by atoms with Crippen LogP contribution in [0.1, 0.15) is 12.5 Å². The van der Waals surface area contributed by atoms with Crippen molar-refractivity contribution in [2.75, 3.05) is 6.61 Å². The summed E-state index contributed by atoms with van der Waals surface area (Å²) in [5.74, 6) is 0.785. The third-order valence-electron chi connectivity index (χ3n) is 3.19. The molecular weight excluding hydrogens is 304 g/mol. The molecule has 4 nitrogen and oxygen atoms in total. The summed E-state index contributed by atoms with van der Waals surface area (Å²) in [6, 6.07) is 9.57. The molecule has 6 heteroatoms. The first-order chi connectivity index (χ1) is 10.2. The number of nitrogens with zero attached hydrogens (tertiary/aromatic N) is 1. The average Bonchev–Trinajstić information content (AvgIpc) is 2.93. The zero-order valence-electron chi connectivity index (χ0n) is 11.5. The van der Waals surface area contributed by atoms with Crippen molar-refractivity contribution in [3.63, 3.8) is 0 Å². The average molecular weight is 318 g/mol. The van der Waals surface area contributed by atoms with Gasteiger partial charge in [0.15, 0.2) is 4.77 Å². The molecule has 0 unspecified atom stereocenters. The van der Waals surface area contributed by atoms with Gasteiger partial charge in [0.2, 0.25) is 0 Å². The van der Waals surface area contributed by atoms with Crippen LogP contribution >= 0.6 is 23.6 Å². The highest BCUT2D eigenvalue weighted by Gasteiger charge is 2.09. The normalized spacial score (nSPS) is 10.9. The van der Waals surface area contributed by atoms with Crippen molar-refractivity contribution < 1.29 is 4.74 Å². The van der Waals surface area contributed by atoms with Gasteiger partial charge in [0.1, 0.15) is 10.4 Å². The molecule has 0 bridgehead atoms. The van der Waals surface area contributed by atoms with E-state index in [9.17, 15) is 4.79 Å². The van der Waals surface area contributed by atoms with Crippen molar-refractivity contribution >= 4 is 33.8 Å². The molecule has 0 aliphatic carbocycles. The van der Waals surface area contributed by atoms with Crippen LogP contribution in [0.3, 0.4) is 0 Å². The molecule has 1 aromatic carbocycles. The predicted molar refractivity (Wildman–Crippen MR) is 88.0 cm³/mol. The molecule has 21 heavy (non-hydrogen) atoms. The Morgan fingerprint density at radius 1 is 1.33 bits per heavy atom. The van der Waals surface area contributed by atoms with E-state index in [1.165, 1.54) is 11.3 Å². The largest absolute Gasteiger partial charge is 0.494 e. The molecule has 0 aliphatic heterocycles. The van der Waals surface area contributed by atoms with Crippen molar-refractivity contribution in [2.24, 2.45) is 0 Å². The zero-order chi connectivity index (χ0) is 14.8. The number of fused-ring (bicyclic) bond motifs is 1. The number of H-pyrrole nitrogens is 1. The lowest BCUT2D eigenvalue weighted by atomic mass is 10.2. The van der Waals surface area contributed by atoms with Gasteiger partial charge in [-0.2, -0.15) is 0 Å². The molecule has 2 heterocycles. The lowest BCUT2D eigenvalue weighted by Gasteiger charge is -2.11. The number of para-hydroxylation sites is 1. The summed E-state index contributed by atoms with van der Waals surface area (Å²) in [4.78, 5) is 15.6. The maximum Gasteiger partial charge on any atom is 0.272 e. The summed E-state index contributed by atoms with van der Waals surface area (Å²) in [5.41, 5.74) is 1.68. The fourth-order valence-electron chi connectivity index (χ4n) is 2.22. The number of rotatable bonds is 4. The number of hydrogen-bond acceptors (Lipinski definition) is 4. The van der Waals surface area contributed by atoms with Crippen LogP contribution in [0.4, 0.5) is 0 Å². The second kappa shape index (κ2) is 5.83. The smallest absolute Gasteiger partial charge is 0.272 e. The van der Waals surface area contributed by atoms with Crippen LogP contribution in [0.2, 0.25) is 0 Å². The number of benzene rings is 1. The zero-order valence-corrected chi connectivity index (χ0v) is 13.1. The highest BCUT2D eigenvalue weighted by atomic mass is 32.1. The first-order valence-corrected chi connectivity index (χ1v) is 7.90. The summed E-state index contributed by atoms with van der Waals surface area (Å²) in [5, 5.41) is 1.88. The van der Waals surface area contributed by atoms with E-state index >= 15 is 0 Å². The van der Waals surface area contributed by atoms with Gasteiger partial charge in [-0.25, -0.2) is 0 Å². The van der Waals surface area contributed by atoms with Crippen molar-refractivity contribution in [3.05, 3.63) is 56.4 Å². The highest BCUT2D eigenvalue weighted by molar-refractivity contribution is 7.71. The maximum atomic E-state index is 12.5. The minimum Gasteiger partial charge on any atom is -0.494 e. The monoisotopic (exact) mass is 318 g/mol. The standard InChI is InChI=1S/C15H14N2O2S2/c1-2-19-12-6-4-3-5-10(12)9-17-14(18)13-11(7-8-21-13)16-15(17)20/h3-8H,2,9H2,1H3,(H,16,20). The second-order valence-electron chi connectivity index (χ2n) is 4.53. The van der Waals surface area contributed by atoms with E-state index in [4.69, 9.17) is 17.0 Å². The summed E-state index contributed by atoms with van der Waals surface area (Å²) in [7, 11) is 0. The Morgan fingerprint density at radius 3 is 2.95 bits per heavy atom. The Hall–Kier alpha value is -1.92. The first kappa shape index (κ1) is 14.0. The molecule has 0 spiro atoms. The van der Waals surface area contributed by atoms with Gasteiger partial charge in [0.05, 0.1) is 18.7 Å². The van der Waals surface area contributed by atoms with Crippen molar-refractivity contribution in [3.8, 4) is 5.75 Å². The van der Waals surface area contributed by atoms with Gasteiger partial charge in [-0.3, -0.25) is 9.36 Å². The number of thiophene rings is 1. The lowest BCUT2D eigenvalue weighted by molar-refractivity contribution is 0.335. The Morgan fingerprint density at radius 2 is 2.14 bits per heavy atom. The van der Waals surface area contributed by atoms with Crippen LogP contribution in [0.25, 0.3) is 10.2 Å². The van der Waals surface area contributed by atoms with E-state index in [-0.39, 0.29) is 5.56 Å². The van der Waals surface area contributed by atoms with Gasteiger partial charge in [-0.15, -0.1) is 11.3 Å². The number of ether oxygens (including phenoxy) is 1. The Kier molecular flexibility index (Phi) is 3.90. The maximum absolute atomic E-state index is 12.5. The molecule has 0 saturated heterocycles. The van der Waals surface area contributed by atoms with Gasteiger partial charge in [0.25, 0.3) is 5.56 Å². The molecule has 108 valence electrons. The third kappa shape index (κ3) is 2.64. The molecule has 1 N–H and O–H groups in total. The van der Waals surface area contributed by atoms with E-state index in [0.717, 1.165) is 16.8 Å². The van der Waals surface area contributed by atoms with Crippen molar-refractivity contribution in [2.45, 2.75) is 13.5 Å². The molecule has 3 aromatic rings. The number of nitrogens with one attached hydrogen (secondary N) is 1. The van der Waals surface area contributed by atoms with Crippen LogP contribution in [0.15, 0.2) is 40.5 Å². The summed E-state index contributed by atoms with van der Waals surface area (Å²) < 4.78 is 8.30. The summed E-state index contributed by atoms with van der Waals surface area (Å²) in [6.45, 7) is 2.92. The molecule has 0 aliphatic rings. The van der Waals surface area contributed by atoms with Gasteiger partial charge in [-0.1, -0.05) is 18.2 Å². The van der Waals surface area contributed by atoms with E-state index in [1.807, 2.05) is 42.6 Å². The third-order valence-corrected chi connectivity index (χ3v) is 4.42. The molecule has 2 aromatic heterocycles. The second-order valence-corrected chi connectivity index (χ2v) is 5.83. The number of aromatic nitrogens is 2. The predicted octanol–water partition coefficient (Wildman–Crippen LogP) is 3.57. The number of hydrogen-bond donors (Lipinski definition) is 1. The molecule has 0 radical (unpaired) electrons. The SMILES string of the molecule is CCOc1ccccc1Cn1c(=S)[nH]c2ccsc2c1=O. The summed E-state index contributed by atoms with van der Waals surface area (Å²) >= 11 is 6.73. The molecule has 0 amide bonds. The van der Waals surface area contributed by atoms with Crippen LogP contribution in [0.5, 0.6) is 5.75 Å². The van der Waals surface area contributed by atoms with E-state index in [2.05, 4.69) is 4.98 Å². The molecular formula is C15H14N2O2S2. The molecule has 3 rings (SSSR count). The van der Waals surface area contributed by atoms with Crippen LogP contribution in [0, 0.1) is 4.77 Å². The van der Waals surface area contributed by atoms with E-state index in [1.54, 1.807) is 4.57 Å². The first-order valence-electron chi connectivity index (χ1n) is 6.61. The topological polar surface area (TPSA) is 47.0 Å².